The monoisotopic (exact) mass is 284 g/mol. The van der Waals surface area contributed by atoms with Crippen molar-refractivity contribution in [2.24, 2.45) is 0 Å². The van der Waals surface area contributed by atoms with E-state index in [9.17, 15) is 4.79 Å². The van der Waals surface area contributed by atoms with Crippen molar-refractivity contribution in [1.82, 2.24) is 10.3 Å². The number of amides is 1. The minimum Gasteiger partial charge on any atom is -0.478 e. The van der Waals surface area contributed by atoms with Crippen molar-refractivity contribution in [2.45, 2.75) is 20.3 Å². The predicted octanol–water partition coefficient (Wildman–Crippen LogP) is 2.76. The fraction of sp³-hybridized carbons (Fsp3) is 0.294. The Balaban J connectivity index is 1.86. The van der Waals surface area contributed by atoms with Crippen LogP contribution >= 0.6 is 0 Å². The van der Waals surface area contributed by atoms with Gasteiger partial charge in [-0.2, -0.15) is 0 Å². The highest BCUT2D eigenvalue weighted by Gasteiger charge is 2.06. The normalized spacial score (nSPS) is 10.2. The molecule has 0 unspecified atom stereocenters. The molecule has 4 heteroatoms. The molecule has 0 atom stereocenters. The highest BCUT2D eigenvalue weighted by molar-refractivity contribution is 5.94. The highest BCUT2D eigenvalue weighted by Crippen LogP contribution is 2.09. The van der Waals surface area contributed by atoms with Gasteiger partial charge in [0.05, 0.1) is 6.61 Å². The Morgan fingerprint density at radius 1 is 1.24 bits per heavy atom. The lowest BCUT2D eigenvalue weighted by Crippen LogP contribution is -2.25. The Labute approximate surface area is 125 Å². The molecule has 0 bridgehead atoms. The molecule has 4 nitrogen and oxygen atoms in total. The molecule has 0 saturated carbocycles. The van der Waals surface area contributed by atoms with Crippen molar-refractivity contribution in [1.29, 1.82) is 0 Å². The maximum Gasteiger partial charge on any atom is 0.251 e. The van der Waals surface area contributed by atoms with Gasteiger partial charge in [-0.3, -0.25) is 4.79 Å². The Kier molecular flexibility index (Phi) is 5.32. The van der Waals surface area contributed by atoms with Crippen LogP contribution in [0.4, 0.5) is 0 Å². The Morgan fingerprint density at radius 2 is 2.00 bits per heavy atom. The van der Waals surface area contributed by atoms with Gasteiger partial charge < -0.3 is 10.1 Å². The van der Waals surface area contributed by atoms with Crippen LogP contribution < -0.4 is 10.1 Å². The van der Waals surface area contributed by atoms with Crippen molar-refractivity contribution in [3.05, 3.63) is 59.3 Å². The van der Waals surface area contributed by atoms with Crippen LogP contribution in [-0.2, 0) is 6.42 Å². The third-order valence-electron chi connectivity index (χ3n) is 3.11. The van der Waals surface area contributed by atoms with Crippen LogP contribution in [0.15, 0.2) is 42.6 Å². The first-order valence-electron chi connectivity index (χ1n) is 7.11. The summed E-state index contributed by atoms with van der Waals surface area (Å²) in [5.74, 6) is 0.370. The van der Waals surface area contributed by atoms with Gasteiger partial charge in [-0.1, -0.05) is 29.8 Å². The lowest BCUT2D eigenvalue weighted by molar-refractivity contribution is 0.0953. The van der Waals surface area contributed by atoms with Gasteiger partial charge in [0.1, 0.15) is 0 Å². The van der Waals surface area contributed by atoms with Gasteiger partial charge in [-0.05, 0) is 31.9 Å². The summed E-state index contributed by atoms with van der Waals surface area (Å²) in [5.41, 5.74) is 3.02. The summed E-state index contributed by atoms with van der Waals surface area (Å²) in [6.07, 6.45) is 2.40. The van der Waals surface area contributed by atoms with Crippen molar-refractivity contribution in [3.8, 4) is 5.88 Å². The molecule has 110 valence electrons. The first kappa shape index (κ1) is 15.0. The molecule has 1 heterocycles. The zero-order valence-corrected chi connectivity index (χ0v) is 12.4. The summed E-state index contributed by atoms with van der Waals surface area (Å²) >= 11 is 0. The van der Waals surface area contributed by atoms with Gasteiger partial charge in [-0.15, -0.1) is 0 Å². The lowest BCUT2D eigenvalue weighted by Gasteiger charge is -2.07. The number of nitrogens with zero attached hydrogens (tertiary/aromatic N) is 1. The zero-order valence-electron chi connectivity index (χ0n) is 12.4. The molecule has 0 aliphatic heterocycles. The van der Waals surface area contributed by atoms with Gasteiger partial charge in [0, 0.05) is 24.4 Å². The predicted molar refractivity (Wildman–Crippen MR) is 82.6 cm³/mol. The van der Waals surface area contributed by atoms with E-state index in [1.807, 2.05) is 6.92 Å². The first-order valence-corrected chi connectivity index (χ1v) is 7.11. The Hall–Kier alpha value is -2.36. The second kappa shape index (κ2) is 7.43. The number of benzene rings is 1. The molecule has 21 heavy (non-hydrogen) atoms. The fourth-order valence-corrected chi connectivity index (χ4v) is 1.95. The Bertz CT molecular complexity index is 594. The quantitative estimate of drug-likeness (QED) is 0.887. The number of carbonyl (C=O) groups excluding carboxylic acids is 1. The number of carbonyl (C=O) groups is 1. The van der Waals surface area contributed by atoms with Crippen molar-refractivity contribution in [3.63, 3.8) is 0 Å². The SMILES string of the molecule is CCOc1cc(C(=O)NCCc2ccc(C)cc2)ccn1. The van der Waals surface area contributed by atoms with Crippen molar-refractivity contribution >= 4 is 5.91 Å². The average Bonchev–Trinajstić information content (AvgIpc) is 2.50. The number of rotatable bonds is 6. The molecule has 0 aliphatic rings. The van der Waals surface area contributed by atoms with E-state index in [0.29, 0.717) is 24.6 Å². The van der Waals surface area contributed by atoms with Crippen LogP contribution in [0.1, 0.15) is 28.4 Å². The average molecular weight is 284 g/mol. The van der Waals surface area contributed by atoms with E-state index in [2.05, 4.69) is 41.5 Å². The molecular formula is C17H20N2O2. The largest absolute Gasteiger partial charge is 0.478 e. The summed E-state index contributed by atoms with van der Waals surface area (Å²) in [6.45, 7) is 5.08. The van der Waals surface area contributed by atoms with Crippen LogP contribution in [0.5, 0.6) is 5.88 Å². The van der Waals surface area contributed by atoms with E-state index in [4.69, 9.17) is 4.74 Å². The van der Waals surface area contributed by atoms with E-state index < -0.39 is 0 Å². The lowest BCUT2D eigenvalue weighted by atomic mass is 10.1. The second-order valence-corrected chi connectivity index (χ2v) is 4.81. The molecule has 0 fully saturated rings. The van der Waals surface area contributed by atoms with Gasteiger partial charge in [0.2, 0.25) is 5.88 Å². The number of ether oxygens (including phenoxy) is 1. The summed E-state index contributed by atoms with van der Waals surface area (Å²) < 4.78 is 5.29. The minimum atomic E-state index is -0.106. The smallest absolute Gasteiger partial charge is 0.251 e. The minimum absolute atomic E-state index is 0.106. The molecule has 0 spiro atoms. The summed E-state index contributed by atoms with van der Waals surface area (Å²) in [4.78, 5) is 16.1. The van der Waals surface area contributed by atoms with Crippen LogP contribution in [0.3, 0.4) is 0 Å². The summed E-state index contributed by atoms with van der Waals surface area (Å²) in [7, 11) is 0. The number of nitrogens with one attached hydrogen (secondary N) is 1. The van der Waals surface area contributed by atoms with E-state index in [1.54, 1.807) is 18.3 Å². The Morgan fingerprint density at radius 3 is 2.71 bits per heavy atom. The molecule has 1 N–H and O–H groups in total. The van der Waals surface area contributed by atoms with E-state index in [1.165, 1.54) is 11.1 Å². The molecule has 1 aromatic carbocycles. The van der Waals surface area contributed by atoms with Crippen molar-refractivity contribution < 1.29 is 9.53 Å². The fourth-order valence-electron chi connectivity index (χ4n) is 1.95. The molecule has 1 aromatic heterocycles. The zero-order chi connectivity index (χ0) is 15.1. The molecule has 0 aliphatic carbocycles. The van der Waals surface area contributed by atoms with Gasteiger partial charge in [0.15, 0.2) is 0 Å². The van der Waals surface area contributed by atoms with Crippen molar-refractivity contribution in [2.75, 3.05) is 13.2 Å². The molecule has 0 radical (unpaired) electrons. The van der Waals surface area contributed by atoms with Crippen LogP contribution in [0.25, 0.3) is 0 Å². The van der Waals surface area contributed by atoms with E-state index in [0.717, 1.165) is 6.42 Å². The maximum atomic E-state index is 12.1. The number of hydrogen-bond donors (Lipinski definition) is 1. The van der Waals surface area contributed by atoms with Gasteiger partial charge in [-0.25, -0.2) is 4.98 Å². The van der Waals surface area contributed by atoms with Crippen LogP contribution in [0.2, 0.25) is 0 Å². The topological polar surface area (TPSA) is 51.2 Å². The summed E-state index contributed by atoms with van der Waals surface area (Å²) in [5, 5.41) is 2.91. The van der Waals surface area contributed by atoms with E-state index >= 15 is 0 Å². The molecular weight excluding hydrogens is 264 g/mol. The summed E-state index contributed by atoms with van der Waals surface area (Å²) in [6, 6.07) is 11.7. The van der Waals surface area contributed by atoms with Crippen LogP contribution in [-0.4, -0.2) is 24.0 Å². The molecule has 2 aromatic rings. The van der Waals surface area contributed by atoms with E-state index in [-0.39, 0.29) is 5.91 Å². The van der Waals surface area contributed by atoms with Crippen LogP contribution in [0, 0.1) is 6.92 Å². The number of aromatic nitrogens is 1. The number of pyridine rings is 1. The maximum absolute atomic E-state index is 12.1. The third-order valence-corrected chi connectivity index (χ3v) is 3.11. The molecule has 2 rings (SSSR count). The highest BCUT2D eigenvalue weighted by atomic mass is 16.5. The first-order chi connectivity index (χ1) is 10.2. The second-order valence-electron chi connectivity index (χ2n) is 4.81. The standard InChI is InChI=1S/C17H20N2O2/c1-3-21-16-12-15(9-11-18-16)17(20)19-10-8-14-6-4-13(2)5-7-14/h4-7,9,11-12H,3,8,10H2,1-2H3,(H,19,20). The van der Waals surface area contributed by atoms with Gasteiger partial charge >= 0.3 is 0 Å². The molecule has 0 saturated heterocycles. The number of aryl methyl sites for hydroxylation is 1. The van der Waals surface area contributed by atoms with Gasteiger partial charge in [0.25, 0.3) is 5.91 Å². The third kappa shape index (κ3) is 4.60. The molecule has 1 amide bonds. The number of hydrogen-bond acceptors (Lipinski definition) is 3.